The molecule has 0 aliphatic heterocycles. The summed E-state index contributed by atoms with van der Waals surface area (Å²) in [5.74, 6) is 0.563. The Bertz CT molecular complexity index is 395. The zero-order valence-corrected chi connectivity index (χ0v) is 12.4. The highest BCUT2D eigenvalue weighted by Crippen LogP contribution is 2.12. The molecule has 0 saturated heterocycles. The number of likely N-dealkylation sites (N-methyl/N-ethyl adjacent to an activating group) is 1. The number of amides is 1. The quantitative estimate of drug-likeness (QED) is 0.542. The summed E-state index contributed by atoms with van der Waals surface area (Å²) < 4.78 is 5.33. The highest BCUT2D eigenvalue weighted by molar-refractivity contribution is 6.17. The van der Waals surface area contributed by atoms with Crippen molar-refractivity contribution in [3.05, 3.63) is 35.4 Å². The molecule has 0 saturated carbocycles. The van der Waals surface area contributed by atoms with Gasteiger partial charge in [0.25, 0.3) is 5.91 Å². The van der Waals surface area contributed by atoms with Crippen molar-refractivity contribution in [3.8, 4) is 0 Å². The van der Waals surface area contributed by atoms with Gasteiger partial charge in [-0.05, 0) is 25.0 Å². The molecule has 0 atom stereocenters. The monoisotopic (exact) mass is 283 g/mol. The summed E-state index contributed by atoms with van der Waals surface area (Å²) in [6.45, 7) is 6.38. The molecule has 0 spiro atoms. The first-order valence-electron chi connectivity index (χ1n) is 6.75. The van der Waals surface area contributed by atoms with Crippen molar-refractivity contribution < 1.29 is 9.53 Å². The predicted molar refractivity (Wildman–Crippen MR) is 78.9 cm³/mol. The third-order valence-corrected chi connectivity index (χ3v) is 3.18. The Labute approximate surface area is 120 Å². The van der Waals surface area contributed by atoms with E-state index in [2.05, 4.69) is 6.92 Å². The van der Waals surface area contributed by atoms with Gasteiger partial charge in [-0.3, -0.25) is 4.79 Å². The summed E-state index contributed by atoms with van der Waals surface area (Å²) >= 11 is 5.54. The molecule has 106 valence electrons. The van der Waals surface area contributed by atoms with E-state index in [1.165, 1.54) is 0 Å². The number of ether oxygens (including phenoxy) is 1. The SMILES string of the molecule is CCc1ccccc1C(=O)N(CC)CCOCCCl. The van der Waals surface area contributed by atoms with Crippen LogP contribution >= 0.6 is 11.6 Å². The fourth-order valence-corrected chi connectivity index (χ4v) is 2.05. The molecular weight excluding hydrogens is 262 g/mol. The summed E-state index contributed by atoms with van der Waals surface area (Å²) in [6, 6.07) is 7.77. The van der Waals surface area contributed by atoms with Crippen molar-refractivity contribution in [1.29, 1.82) is 0 Å². The van der Waals surface area contributed by atoms with Gasteiger partial charge in [0.05, 0.1) is 13.2 Å². The van der Waals surface area contributed by atoms with Gasteiger partial charge in [0.2, 0.25) is 0 Å². The van der Waals surface area contributed by atoms with Crippen LogP contribution in [0.25, 0.3) is 0 Å². The zero-order valence-electron chi connectivity index (χ0n) is 11.7. The molecule has 1 aromatic carbocycles. The van der Waals surface area contributed by atoms with Crippen molar-refractivity contribution >= 4 is 17.5 Å². The van der Waals surface area contributed by atoms with E-state index in [0.717, 1.165) is 17.5 Å². The van der Waals surface area contributed by atoms with Gasteiger partial charge in [0, 0.05) is 24.5 Å². The van der Waals surface area contributed by atoms with Crippen molar-refractivity contribution in [2.45, 2.75) is 20.3 Å². The van der Waals surface area contributed by atoms with Gasteiger partial charge in [0.1, 0.15) is 0 Å². The number of alkyl halides is 1. The number of hydrogen-bond acceptors (Lipinski definition) is 2. The Balaban J connectivity index is 2.67. The second kappa shape index (κ2) is 8.94. The first kappa shape index (κ1) is 16.0. The standard InChI is InChI=1S/C15H22ClNO2/c1-3-13-7-5-6-8-14(13)15(18)17(4-2)10-12-19-11-9-16/h5-8H,3-4,9-12H2,1-2H3. The van der Waals surface area contributed by atoms with E-state index in [-0.39, 0.29) is 5.91 Å². The van der Waals surface area contributed by atoms with Crippen LogP contribution in [0.15, 0.2) is 24.3 Å². The highest BCUT2D eigenvalue weighted by Gasteiger charge is 2.16. The Morgan fingerprint density at radius 1 is 1.26 bits per heavy atom. The number of aryl methyl sites for hydroxylation is 1. The summed E-state index contributed by atoms with van der Waals surface area (Å²) in [5.41, 5.74) is 1.89. The molecule has 0 aliphatic rings. The maximum Gasteiger partial charge on any atom is 0.254 e. The lowest BCUT2D eigenvalue weighted by atomic mass is 10.0. The number of carbonyl (C=O) groups excluding carboxylic acids is 1. The molecule has 19 heavy (non-hydrogen) atoms. The first-order chi connectivity index (χ1) is 9.24. The fourth-order valence-electron chi connectivity index (χ4n) is 1.94. The minimum Gasteiger partial charge on any atom is -0.378 e. The Kier molecular flexibility index (Phi) is 7.53. The second-order valence-electron chi connectivity index (χ2n) is 4.20. The average molecular weight is 284 g/mol. The molecule has 1 rings (SSSR count). The fraction of sp³-hybridized carbons (Fsp3) is 0.533. The van der Waals surface area contributed by atoms with Crippen LogP contribution in [0.3, 0.4) is 0 Å². The van der Waals surface area contributed by atoms with Crippen LogP contribution in [0.1, 0.15) is 29.8 Å². The lowest BCUT2D eigenvalue weighted by Crippen LogP contribution is -2.34. The molecule has 0 N–H and O–H groups in total. The number of carbonyl (C=O) groups is 1. The number of hydrogen-bond donors (Lipinski definition) is 0. The Hall–Kier alpha value is -1.06. The molecule has 4 heteroatoms. The lowest BCUT2D eigenvalue weighted by Gasteiger charge is -2.22. The van der Waals surface area contributed by atoms with E-state index >= 15 is 0 Å². The third kappa shape index (κ3) is 4.84. The van der Waals surface area contributed by atoms with Gasteiger partial charge in [0.15, 0.2) is 0 Å². The van der Waals surface area contributed by atoms with E-state index in [9.17, 15) is 4.79 Å². The maximum atomic E-state index is 12.5. The first-order valence-corrected chi connectivity index (χ1v) is 7.28. The molecule has 0 aromatic heterocycles. The molecule has 1 aromatic rings. The molecule has 0 aliphatic carbocycles. The van der Waals surface area contributed by atoms with Crippen molar-refractivity contribution in [2.24, 2.45) is 0 Å². The summed E-state index contributed by atoms with van der Waals surface area (Å²) in [5, 5.41) is 0. The minimum absolute atomic E-state index is 0.0782. The molecule has 0 fully saturated rings. The topological polar surface area (TPSA) is 29.5 Å². The minimum atomic E-state index is 0.0782. The molecule has 1 amide bonds. The van der Waals surface area contributed by atoms with E-state index < -0.39 is 0 Å². The van der Waals surface area contributed by atoms with Crippen molar-refractivity contribution in [3.63, 3.8) is 0 Å². The predicted octanol–water partition coefficient (Wildman–Crippen LogP) is 2.97. The van der Waals surface area contributed by atoms with Crippen molar-refractivity contribution in [2.75, 3.05) is 32.2 Å². The molecule has 0 heterocycles. The molecular formula is C15H22ClNO2. The van der Waals surface area contributed by atoms with E-state index in [4.69, 9.17) is 16.3 Å². The van der Waals surface area contributed by atoms with E-state index in [1.54, 1.807) is 0 Å². The second-order valence-corrected chi connectivity index (χ2v) is 4.57. The molecule has 0 unspecified atom stereocenters. The van der Waals surface area contributed by atoms with Crippen LogP contribution in [0, 0.1) is 0 Å². The van der Waals surface area contributed by atoms with Crippen LogP contribution < -0.4 is 0 Å². The normalized spacial score (nSPS) is 10.5. The molecule has 3 nitrogen and oxygen atoms in total. The summed E-state index contributed by atoms with van der Waals surface area (Å²) in [6.07, 6.45) is 0.863. The zero-order chi connectivity index (χ0) is 14.1. The average Bonchev–Trinajstić information content (AvgIpc) is 2.46. The van der Waals surface area contributed by atoms with Crippen LogP contribution in [0.2, 0.25) is 0 Å². The van der Waals surface area contributed by atoms with Crippen LogP contribution in [0.4, 0.5) is 0 Å². The third-order valence-electron chi connectivity index (χ3n) is 3.02. The Morgan fingerprint density at radius 3 is 2.63 bits per heavy atom. The number of rotatable bonds is 8. The summed E-state index contributed by atoms with van der Waals surface area (Å²) in [4.78, 5) is 14.3. The van der Waals surface area contributed by atoms with Crippen LogP contribution in [-0.2, 0) is 11.2 Å². The number of benzene rings is 1. The van der Waals surface area contributed by atoms with Crippen LogP contribution in [0.5, 0.6) is 0 Å². The number of halogens is 1. The van der Waals surface area contributed by atoms with Gasteiger partial charge in [-0.1, -0.05) is 25.1 Å². The number of nitrogens with zero attached hydrogens (tertiary/aromatic N) is 1. The van der Waals surface area contributed by atoms with Gasteiger partial charge in [-0.25, -0.2) is 0 Å². The Morgan fingerprint density at radius 2 is 2.00 bits per heavy atom. The maximum absolute atomic E-state index is 12.5. The van der Waals surface area contributed by atoms with Gasteiger partial charge >= 0.3 is 0 Å². The van der Waals surface area contributed by atoms with E-state index in [0.29, 0.717) is 32.2 Å². The summed E-state index contributed by atoms with van der Waals surface area (Å²) in [7, 11) is 0. The van der Waals surface area contributed by atoms with E-state index in [1.807, 2.05) is 36.1 Å². The molecule has 0 bridgehead atoms. The smallest absolute Gasteiger partial charge is 0.254 e. The van der Waals surface area contributed by atoms with Gasteiger partial charge in [-0.15, -0.1) is 11.6 Å². The van der Waals surface area contributed by atoms with Crippen LogP contribution in [-0.4, -0.2) is 43.0 Å². The molecule has 0 radical (unpaired) electrons. The lowest BCUT2D eigenvalue weighted by molar-refractivity contribution is 0.0670. The van der Waals surface area contributed by atoms with Gasteiger partial charge < -0.3 is 9.64 Å². The van der Waals surface area contributed by atoms with Crippen molar-refractivity contribution in [1.82, 2.24) is 4.90 Å². The largest absolute Gasteiger partial charge is 0.378 e. The highest BCUT2D eigenvalue weighted by atomic mass is 35.5. The van der Waals surface area contributed by atoms with Gasteiger partial charge in [-0.2, -0.15) is 0 Å².